The fraction of sp³-hybridized carbons (Fsp3) is 0.333. The van der Waals surface area contributed by atoms with E-state index in [2.05, 4.69) is 10.4 Å². The lowest BCUT2D eigenvalue weighted by atomic mass is 10.2. The van der Waals surface area contributed by atoms with Gasteiger partial charge in [-0.15, -0.1) is 0 Å². The van der Waals surface area contributed by atoms with Crippen molar-refractivity contribution in [1.82, 2.24) is 9.78 Å². The molecule has 0 spiro atoms. The highest BCUT2D eigenvalue weighted by atomic mass is 16.5. The summed E-state index contributed by atoms with van der Waals surface area (Å²) >= 11 is 0. The minimum atomic E-state index is 0.0407. The molecule has 1 N–H and O–H groups in total. The summed E-state index contributed by atoms with van der Waals surface area (Å²) in [5.74, 6) is 1.41. The van der Waals surface area contributed by atoms with E-state index in [0.717, 1.165) is 22.8 Å². The molecule has 1 aromatic carbocycles. The number of aryl methyl sites for hydroxylation is 2. The Kier molecular flexibility index (Phi) is 4.67. The number of benzene rings is 1. The molecule has 21 heavy (non-hydrogen) atoms. The highest BCUT2D eigenvalue weighted by Crippen LogP contribution is 2.23. The van der Waals surface area contributed by atoms with Crippen molar-refractivity contribution >= 4 is 5.69 Å². The molecule has 0 atom stereocenters. The summed E-state index contributed by atoms with van der Waals surface area (Å²) in [6.07, 6.45) is 0. The van der Waals surface area contributed by atoms with E-state index in [1.807, 2.05) is 44.3 Å². The zero-order valence-corrected chi connectivity index (χ0v) is 12.4. The number of ether oxygens (including phenoxy) is 2. The number of nitrogens with zero attached hydrogens (tertiary/aromatic N) is 3. The van der Waals surface area contributed by atoms with Gasteiger partial charge >= 0.3 is 0 Å². The highest BCUT2D eigenvalue weighted by molar-refractivity contribution is 5.49. The summed E-state index contributed by atoms with van der Waals surface area (Å²) in [6.45, 7) is 2.59. The van der Waals surface area contributed by atoms with E-state index >= 15 is 0 Å². The highest BCUT2D eigenvalue weighted by Gasteiger charge is 2.13. The third-order valence-electron chi connectivity index (χ3n) is 3.09. The normalized spacial score (nSPS) is 10.0. The Labute approximate surface area is 123 Å². The minimum absolute atomic E-state index is 0.0407. The largest absolute Gasteiger partial charge is 0.481 e. The lowest BCUT2D eigenvalue weighted by Crippen LogP contribution is -2.03. The molecule has 6 heteroatoms. The summed E-state index contributed by atoms with van der Waals surface area (Å²) in [7, 11) is 3.49. The first-order valence-electron chi connectivity index (χ1n) is 6.56. The van der Waals surface area contributed by atoms with Crippen LogP contribution in [0.4, 0.5) is 5.69 Å². The summed E-state index contributed by atoms with van der Waals surface area (Å²) in [4.78, 5) is 0. The van der Waals surface area contributed by atoms with Gasteiger partial charge in [0.2, 0.25) is 5.88 Å². The Bertz CT molecular complexity index is 658. The molecule has 1 aromatic heterocycles. The third kappa shape index (κ3) is 3.45. The Morgan fingerprint density at radius 2 is 2.24 bits per heavy atom. The van der Waals surface area contributed by atoms with Crippen LogP contribution in [0.5, 0.6) is 11.6 Å². The molecule has 0 radical (unpaired) electrons. The zero-order valence-electron chi connectivity index (χ0n) is 12.4. The predicted molar refractivity (Wildman–Crippen MR) is 79.4 cm³/mol. The van der Waals surface area contributed by atoms with Crippen molar-refractivity contribution in [3.05, 3.63) is 35.5 Å². The first kappa shape index (κ1) is 14.7. The van der Waals surface area contributed by atoms with Gasteiger partial charge < -0.3 is 14.8 Å². The monoisotopic (exact) mass is 286 g/mol. The van der Waals surface area contributed by atoms with Crippen molar-refractivity contribution in [2.75, 3.05) is 19.0 Å². The molecule has 1 heterocycles. The first-order chi connectivity index (χ1) is 10.2. The van der Waals surface area contributed by atoms with Crippen LogP contribution in [0.2, 0.25) is 0 Å². The van der Waals surface area contributed by atoms with Gasteiger partial charge in [-0.1, -0.05) is 6.07 Å². The average Bonchev–Trinajstić information content (AvgIpc) is 2.76. The van der Waals surface area contributed by atoms with Crippen LogP contribution < -0.4 is 14.8 Å². The molecule has 0 amide bonds. The van der Waals surface area contributed by atoms with Crippen LogP contribution in [-0.2, 0) is 13.6 Å². The molecule has 6 nitrogen and oxygen atoms in total. The van der Waals surface area contributed by atoms with E-state index in [-0.39, 0.29) is 6.61 Å². The van der Waals surface area contributed by atoms with Gasteiger partial charge in [0.1, 0.15) is 11.8 Å². The van der Waals surface area contributed by atoms with Gasteiger partial charge in [-0.25, -0.2) is 4.68 Å². The van der Waals surface area contributed by atoms with Gasteiger partial charge in [0, 0.05) is 25.3 Å². The quantitative estimate of drug-likeness (QED) is 0.881. The number of methoxy groups -OCH3 is 1. The van der Waals surface area contributed by atoms with Gasteiger partial charge in [-0.05, 0) is 19.1 Å². The molecule has 0 fully saturated rings. The summed E-state index contributed by atoms with van der Waals surface area (Å²) in [6, 6.07) is 9.44. The van der Waals surface area contributed by atoms with Crippen LogP contribution in [0, 0.1) is 18.3 Å². The lowest BCUT2D eigenvalue weighted by Gasteiger charge is -2.09. The summed E-state index contributed by atoms with van der Waals surface area (Å²) in [5.41, 5.74) is 2.86. The molecule has 0 aliphatic rings. The van der Waals surface area contributed by atoms with Crippen molar-refractivity contribution in [1.29, 1.82) is 5.26 Å². The molecule has 2 aromatic rings. The maximum absolute atomic E-state index is 8.53. The molecule has 0 bridgehead atoms. The van der Waals surface area contributed by atoms with Crippen LogP contribution in [0.15, 0.2) is 24.3 Å². The number of rotatable bonds is 6. The van der Waals surface area contributed by atoms with E-state index in [0.29, 0.717) is 12.3 Å². The Hall–Kier alpha value is -2.68. The van der Waals surface area contributed by atoms with Crippen molar-refractivity contribution < 1.29 is 9.47 Å². The Morgan fingerprint density at radius 3 is 2.95 bits per heavy atom. The van der Waals surface area contributed by atoms with Crippen LogP contribution in [-0.4, -0.2) is 23.5 Å². The van der Waals surface area contributed by atoms with Gasteiger partial charge in [0.25, 0.3) is 0 Å². The number of aromatic nitrogens is 2. The number of nitrogens with one attached hydrogen (secondary N) is 1. The maximum Gasteiger partial charge on any atom is 0.216 e. The number of anilines is 1. The molecular formula is C15H18N4O2. The minimum Gasteiger partial charge on any atom is -0.481 e. The second-order valence-corrected chi connectivity index (χ2v) is 4.53. The van der Waals surface area contributed by atoms with Gasteiger partial charge in [-0.3, -0.25) is 0 Å². The van der Waals surface area contributed by atoms with Gasteiger partial charge in [0.05, 0.1) is 18.4 Å². The second-order valence-electron chi connectivity index (χ2n) is 4.53. The summed E-state index contributed by atoms with van der Waals surface area (Å²) in [5, 5.41) is 16.2. The summed E-state index contributed by atoms with van der Waals surface area (Å²) < 4.78 is 12.4. The van der Waals surface area contributed by atoms with Crippen molar-refractivity contribution in [2.45, 2.75) is 13.5 Å². The van der Waals surface area contributed by atoms with E-state index in [1.165, 1.54) is 0 Å². The Morgan fingerprint density at radius 1 is 1.43 bits per heavy atom. The van der Waals surface area contributed by atoms with Crippen LogP contribution in [0.1, 0.15) is 11.3 Å². The molecular weight excluding hydrogens is 268 g/mol. The smallest absolute Gasteiger partial charge is 0.216 e. The first-order valence-corrected chi connectivity index (χ1v) is 6.56. The molecule has 0 saturated heterocycles. The lowest BCUT2D eigenvalue weighted by molar-refractivity contribution is 0.368. The standard InChI is InChI=1S/C15H18N4O2/c1-11-14(15(20-3)19(2)18-11)10-17-12-5-4-6-13(9-12)21-8-7-16/h4-6,9,17H,8,10H2,1-3H3. The number of hydrogen-bond donors (Lipinski definition) is 1. The van der Waals surface area contributed by atoms with E-state index in [9.17, 15) is 0 Å². The van der Waals surface area contributed by atoms with Gasteiger partial charge in [0.15, 0.2) is 6.61 Å². The molecule has 0 unspecified atom stereocenters. The molecule has 2 rings (SSSR count). The molecule has 0 aliphatic carbocycles. The fourth-order valence-electron chi connectivity index (χ4n) is 2.14. The topological polar surface area (TPSA) is 72.1 Å². The maximum atomic E-state index is 8.53. The van der Waals surface area contributed by atoms with Crippen molar-refractivity contribution in [2.24, 2.45) is 7.05 Å². The van der Waals surface area contributed by atoms with E-state index in [4.69, 9.17) is 14.7 Å². The van der Waals surface area contributed by atoms with E-state index < -0.39 is 0 Å². The molecule has 0 aliphatic heterocycles. The molecule has 0 saturated carbocycles. The molecule has 110 valence electrons. The van der Waals surface area contributed by atoms with Crippen molar-refractivity contribution in [3.8, 4) is 17.7 Å². The predicted octanol–water partition coefficient (Wildman–Crippen LogP) is 2.25. The Balaban J connectivity index is 2.08. The average molecular weight is 286 g/mol. The van der Waals surface area contributed by atoms with Gasteiger partial charge in [-0.2, -0.15) is 10.4 Å². The number of nitriles is 1. The van der Waals surface area contributed by atoms with Crippen LogP contribution >= 0.6 is 0 Å². The van der Waals surface area contributed by atoms with Crippen molar-refractivity contribution in [3.63, 3.8) is 0 Å². The van der Waals surface area contributed by atoms with E-state index in [1.54, 1.807) is 11.8 Å². The third-order valence-corrected chi connectivity index (χ3v) is 3.09. The fourth-order valence-corrected chi connectivity index (χ4v) is 2.14. The van der Waals surface area contributed by atoms with Crippen LogP contribution in [0.25, 0.3) is 0 Å². The second kappa shape index (κ2) is 6.66. The SMILES string of the molecule is COc1c(CNc2cccc(OCC#N)c2)c(C)nn1C. The van der Waals surface area contributed by atoms with Crippen LogP contribution in [0.3, 0.4) is 0 Å². The number of hydrogen-bond acceptors (Lipinski definition) is 5. The zero-order chi connectivity index (χ0) is 15.2.